The summed E-state index contributed by atoms with van der Waals surface area (Å²) in [6.07, 6.45) is 7.00. The number of aliphatic hydroxyl groups is 1. The molecule has 2 unspecified atom stereocenters. The van der Waals surface area contributed by atoms with Crippen molar-refractivity contribution in [2.75, 3.05) is 6.54 Å². The summed E-state index contributed by atoms with van der Waals surface area (Å²) in [4.78, 5) is 0. The van der Waals surface area contributed by atoms with E-state index in [0.717, 1.165) is 13.0 Å². The van der Waals surface area contributed by atoms with Crippen LogP contribution in [0.1, 0.15) is 6.42 Å². The van der Waals surface area contributed by atoms with Crippen molar-refractivity contribution in [2.24, 2.45) is 5.92 Å². The van der Waals surface area contributed by atoms with Crippen LogP contribution >= 0.6 is 0 Å². The topological polar surface area (TPSA) is 32.3 Å². The van der Waals surface area contributed by atoms with Crippen LogP contribution in [0, 0.1) is 5.92 Å². The Balaban J connectivity index is 2.23. The van der Waals surface area contributed by atoms with E-state index in [1.807, 2.05) is 12.2 Å². The number of hydrogen-bond donors (Lipinski definition) is 2. The molecule has 2 aliphatic rings. The minimum Gasteiger partial charge on any atom is -0.391 e. The molecular formula is C8H11NO. The predicted molar refractivity (Wildman–Crippen MR) is 39.3 cm³/mol. The molecule has 0 saturated carbocycles. The Morgan fingerprint density at radius 2 is 2.50 bits per heavy atom. The highest BCUT2D eigenvalue weighted by Gasteiger charge is 2.29. The zero-order valence-corrected chi connectivity index (χ0v) is 5.75. The first-order valence-corrected chi connectivity index (χ1v) is 3.66. The van der Waals surface area contributed by atoms with E-state index in [2.05, 4.69) is 11.4 Å². The zero-order chi connectivity index (χ0) is 6.97. The van der Waals surface area contributed by atoms with Crippen molar-refractivity contribution in [1.29, 1.82) is 0 Å². The van der Waals surface area contributed by atoms with E-state index >= 15 is 0 Å². The van der Waals surface area contributed by atoms with Crippen LogP contribution in [-0.2, 0) is 0 Å². The third-order valence-corrected chi connectivity index (χ3v) is 2.18. The summed E-state index contributed by atoms with van der Waals surface area (Å²) >= 11 is 0. The first-order valence-electron chi connectivity index (χ1n) is 3.66. The Bertz CT molecular complexity index is 195. The van der Waals surface area contributed by atoms with Crippen molar-refractivity contribution in [2.45, 2.75) is 12.5 Å². The minimum atomic E-state index is -0.170. The second-order valence-corrected chi connectivity index (χ2v) is 2.84. The molecule has 0 spiro atoms. The van der Waals surface area contributed by atoms with E-state index in [4.69, 9.17) is 0 Å². The number of nitrogens with one attached hydrogen (secondary N) is 1. The molecule has 0 aromatic heterocycles. The van der Waals surface area contributed by atoms with Gasteiger partial charge in [-0.25, -0.2) is 0 Å². The molecule has 2 rings (SSSR count). The van der Waals surface area contributed by atoms with Crippen LogP contribution in [0.5, 0.6) is 0 Å². The van der Waals surface area contributed by atoms with E-state index in [0.29, 0.717) is 5.92 Å². The number of allylic oxidation sites excluding steroid dienone is 3. The Kier molecular flexibility index (Phi) is 1.27. The molecule has 10 heavy (non-hydrogen) atoms. The molecule has 0 amide bonds. The highest BCUT2D eigenvalue weighted by molar-refractivity contribution is 5.24. The predicted octanol–water partition coefficient (Wildman–Crippen LogP) is 0.411. The highest BCUT2D eigenvalue weighted by atomic mass is 16.3. The summed E-state index contributed by atoms with van der Waals surface area (Å²) in [5.74, 6) is 0.352. The molecule has 0 radical (unpaired) electrons. The van der Waals surface area contributed by atoms with Crippen LogP contribution in [0.2, 0.25) is 0 Å². The van der Waals surface area contributed by atoms with Gasteiger partial charge in [-0.05, 0) is 12.5 Å². The van der Waals surface area contributed by atoms with E-state index < -0.39 is 0 Å². The van der Waals surface area contributed by atoms with Crippen molar-refractivity contribution in [3.05, 3.63) is 23.9 Å². The second kappa shape index (κ2) is 2.13. The lowest BCUT2D eigenvalue weighted by Gasteiger charge is -2.14. The third-order valence-electron chi connectivity index (χ3n) is 2.18. The van der Waals surface area contributed by atoms with Gasteiger partial charge in [0.05, 0.1) is 6.10 Å². The Morgan fingerprint density at radius 1 is 1.60 bits per heavy atom. The van der Waals surface area contributed by atoms with Gasteiger partial charge in [0.25, 0.3) is 0 Å². The monoisotopic (exact) mass is 137 g/mol. The summed E-state index contributed by atoms with van der Waals surface area (Å²) in [6, 6.07) is 0. The molecule has 1 saturated heterocycles. The minimum absolute atomic E-state index is 0.170. The van der Waals surface area contributed by atoms with Gasteiger partial charge in [-0.3, -0.25) is 0 Å². The van der Waals surface area contributed by atoms with Gasteiger partial charge in [0.1, 0.15) is 0 Å². The molecule has 0 aromatic carbocycles. The number of aliphatic hydroxyl groups excluding tert-OH is 1. The summed E-state index contributed by atoms with van der Waals surface area (Å²) in [5, 5.41) is 12.6. The van der Waals surface area contributed by atoms with Crippen LogP contribution in [0.4, 0.5) is 0 Å². The SMILES string of the molecule is OC1CNC2=CC=CCC21. The largest absolute Gasteiger partial charge is 0.391 e. The van der Waals surface area contributed by atoms with Gasteiger partial charge in [0.15, 0.2) is 0 Å². The van der Waals surface area contributed by atoms with Crippen molar-refractivity contribution in [1.82, 2.24) is 5.32 Å². The molecule has 1 heterocycles. The Labute approximate surface area is 60.2 Å². The lowest BCUT2D eigenvalue weighted by molar-refractivity contribution is 0.154. The van der Waals surface area contributed by atoms with E-state index in [9.17, 15) is 5.11 Å². The summed E-state index contributed by atoms with van der Waals surface area (Å²) in [5.41, 5.74) is 1.20. The maximum atomic E-state index is 9.39. The Morgan fingerprint density at radius 3 is 3.30 bits per heavy atom. The van der Waals surface area contributed by atoms with Crippen molar-refractivity contribution < 1.29 is 5.11 Å². The van der Waals surface area contributed by atoms with Crippen LogP contribution in [-0.4, -0.2) is 17.8 Å². The zero-order valence-electron chi connectivity index (χ0n) is 5.75. The van der Waals surface area contributed by atoms with Crippen LogP contribution in [0.15, 0.2) is 23.9 Å². The number of fused-ring (bicyclic) bond motifs is 1. The van der Waals surface area contributed by atoms with Gasteiger partial charge in [-0.15, -0.1) is 0 Å². The number of β-amino-alcohol motifs (C(OH)–C–C–N with tert-alkyl or cyclic N) is 1. The lowest BCUT2D eigenvalue weighted by atomic mass is 9.95. The van der Waals surface area contributed by atoms with E-state index in [-0.39, 0.29) is 6.10 Å². The fourth-order valence-electron chi connectivity index (χ4n) is 1.57. The molecule has 1 aliphatic carbocycles. The molecule has 2 heteroatoms. The van der Waals surface area contributed by atoms with Gasteiger partial charge in [-0.1, -0.05) is 12.2 Å². The first-order chi connectivity index (χ1) is 4.88. The molecule has 1 fully saturated rings. The quantitative estimate of drug-likeness (QED) is 0.507. The first kappa shape index (κ1) is 5.98. The Hall–Kier alpha value is -0.760. The average Bonchev–Trinajstić information content (AvgIpc) is 2.34. The summed E-state index contributed by atoms with van der Waals surface area (Å²) < 4.78 is 0. The van der Waals surface area contributed by atoms with Gasteiger partial charge in [0.2, 0.25) is 0 Å². The molecule has 1 aliphatic heterocycles. The number of hydrogen-bond acceptors (Lipinski definition) is 2. The maximum absolute atomic E-state index is 9.39. The fraction of sp³-hybridized carbons (Fsp3) is 0.500. The molecule has 0 aromatic rings. The van der Waals surface area contributed by atoms with Crippen LogP contribution in [0.3, 0.4) is 0 Å². The van der Waals surface area contributed by atoms with Crippen LogP contribution in [0.25, 0.3) is 0 Å². The third kappa shape index (κ3) is 0.762. The van der Waals surface area contributed by atoms with Gasteiger partial charge in [0, 0.05) is 18.2 Å². The fourth-order valence-corrected chi connectivity index (χ4v) is 1.57. The van der Waals surface area contributed by atoms with Gasteiger partial charge < -0.3 is 10.4 Å². The van der Waals surface area contributed by atoms with E-state index in [1.54, 1.807) is 0 Å². The molecule has 54 valence electrons. The molecule has 2 N–H and O–H groups in total. The highest BCUT2D eigenvalue weighted by Crippen LogP contribution is 2.26. The van der Waals surface area contributed by atoms with E-state index in [1.165, 1.54) is 5.70 Å². The second-order valence-electron chi connectivity index (χ2n) is 2.84. The van der Waals surface area contributed by atoms with Crippen LogP contribution < -0.4 is 5.32 Å². The summed E-state index contributed by atoms with van der Waals surface area (Å²) in [6.45, 7) is 0.720. The van der Waals surface area contributed by atoms with Crippen molar-refractivity contribution in [3.8, 4) is 0 Å². The standard InChI is InChI=1S/C8H11NO/c10-8-5-9-7-4-2-1-3-6(7)8/h1-2,4,6,8-10H,3,5H2. The normalized spacial score (nSPS) is 36.7. The van der Waals surface area contributed by atoms with Crippen molar-refractivity contribution in [3.63, 3.8) is 0 Å². The molecule has 2 nitrogen and oxygen atoms in total. The molecule has 0 bridgehead atoms. The lowest BCUT2D eigenvalue weighted by Crippen LogP contribution is -2.17. The molecule has 2 atom stereocenters. The molecular weight excluding hydrogens is 126 g/mol. The summed E-state index contributed by atoms with van der Waals surface area (Å²) in [7, 11) is 0. The average molecular weight is 137 g/mol. The van der Waals surface area contributed by atoms with Gasteiger partial charge >= 0.3 is 0 Å². The maximum Gasteiger partial charge on any atom is 0.0797 e. The number of rotatable bonds is 0. The smallest absolute Gasteiger partial charge is 0.0797 e. The van der Waals surface area contributed by atoms with Crippen molar-refractivity contribution >= 4 is 0 Å². The van der Waals surface area contributed by atoms with Gasteiger partial charge in [-0.2, -0.15) is 0 Å².